The van der Waals surface area contributed by atoms with Crippen LogP contribution in [0.2, 0.25) is 0 Å². The number of rotatable bonds is 6. The summed E-state index contributed by atoms with van der Waals surface area (Å²) < 4.78 is 6.03. The molecule has 0 aliphatic rings. The van der Waals surface area contributed by atoms with Crippen LogP contribution in [0.5, 0.6) is 5.75 Å². The third-order valence-electron chi connectivity index (χ3n) is 2.20. The third kappa shape index (κ3) is 5.02. The fraction of sp³-hybridized carbons (Fsp3) is 0.231. The Hall–Kier alpha value is -2.00. The number of terminal acetylenes is 1. The van der Waals surface area contributed by atoms with Crippen LogP contribution in [-0.4, -0.2) is 24.5 Å². The zero-order valence-electron chi connectivity index (χ0n) is 10.1. The van der Waals surface area contributed by atoms with Crippen molar-refractivity contribution >= 4 is 27.7 Å². The zero-order valence-corrected chi connectivity index (χ0v) is 11.6. The molecule has 3 N–H and O–H groups in total. The van der Waals surface area contributed by atoms with E-state index >= 15 is 0 Å². The molecule has 0 aliphatic carbocycles. The summed E-state index contributed by atoms with van der Waals surface area (Å²) in [4.78, 5) is 22.6. The van der Waals surface area contributed by atoms with E-state index < -0.39 is 17.9 Å². The van der Waals surface area contributed by atoms with Crippen LogP contribution < -0.4 is 15.8 Å². The number of nitrogens with two attached hydrogens (primary N) is 1. The number of halogens is 1. The van der Waals surface area contributed by atoms with E-state index in [1.165, 1.54) is 0 Å². The molecule has 0 bridgehead atoms. The van der Waals surface area contributed by atoms with Crippen LogP contribution in [0.1, 0.15) is 6.42 Å². The molecule has 5 nitrogen and oxygen atoms in total. The van der Waals surface area contributed by atoms with Crippen molar-refractivity contribution in [2.45, 2.75) is 12.5 Å². The zero-order chi connectivity index (χ0) is 14.3. The van der Waals surface area contributed by atoms with E-state index in [1.54, 1.807) is 18.2 Å². The summed E-state index contributed by atoms with van der Waals surface area (Å²) in [5.74, 6) is 1.67. The highest BCUT2D eigenvalue weighted by atomic mass is 79.9. The van der Waals surface area contributed by atoms with Crippen LogP contribution >= 0.6 is 15.9 Å². The molecule has 0 aromatic heterocycles. The van der Waals surface area contributed by atoms with E-state index in [1.807, 2.05) is 6.07 Å². The molecule has 0 saturated carbocycles. The Morgan fingerprint density at radius 2 is 2.16 bits per heavy atom. The van der Waals surface area contributed by atoms with Crippen molar-refractivity contribution in [3.05, 3.63) is 28.7 Å². The fourth-order valence-electron chi connectivity index (χ4n) is 1.28. The first-order valence-electron chi connectivity index (χ1n) is 5.44. The maximum absolute atomic E-state index is 11.6. The minimum absolute atomic E-state index is 0.0517. The van der Waals surface area contributed by atoms with E-state index in [0.717, 1.165) is 4.47 Å². The summed E-state index contributed by atoms with van der Waals surface area (Å²) in [6.07, 6.45) is 5.13. The quantitative estimate of drug-likeness (QED) is 0.760. The lowest BCUT2D eigenvalue weighted by molar-refractivity contribution is -0.128. The van der Waals surface area contributed by atoms with Crippen molar-refractivity contribution in [3.8, 4) is 18.1 Å². The average molecular weight is 325 g/mol. The number of ether oxygens (including phenoxy) is 1. The van der Waals surface area contributed by atoms with E-state index in [2.05, 4.69) is 27.2 Å². The number of para-hydroxylation sites is 1. The highest BCUT2D eigenvalue weighted by Gasteiger charge is 2.17. The van der Waals surface area contributed by atoms with Crippen LogP contribution in [0.15, 0.2) is 28.7 Å². The van der Waals surface area contributed by atoms with Gasteiger partial charge >= 0.3 is 0 Å². The predicted octanol–water partition coefficient (Wildman–Crippen LogP) is 0.821. The van der Waals surface area contributed by atoms with Gasteiger partial charge in [-0.2, -0.15) is 0 Å². The number of primary amides is 1. The molecule has 6 heteroatoms. The molecule has 1 rings (SSSR count). The van der Waals surface area contributed by atoms with Gasteiger partial charge in [0.15, 0.2) is 6.61 Å². The third-order valence-corrected chi connectivity index (χ3v) is 2.85. The summed E-state index contributed by atoms with van der Waals surface area (Å²) in [6.45, 7) is -0.225. The molecule has 1 atom stereocenters. The highest BCUT2D eigenvalue weighted by molar-refractivity contribution is 9.10. The molecule has 2 amide bonds. The number of nitrogens with one attached hydrogen (secondary N) is 1. The Labute approximate surface area is 119 Å². The largest absolute Gasteiger partial charge is 0.483 e. The van der Waals surface area contributed by atoms with E-state index in [-0.39, 0.29) is 13.0 Å². The summed E-state index contributed by atoms with van der Waals surface area (Å²) in [5, 5.41) is 2.41. The number of carbonyl (C=O) groups excluding carboxylic acids is 2. The van der Waals surface area contributed by atoms with Gasteiger partial charge in [0.05, 0.1) is 4.47 Å². The van der Waals surface area contributed by atoms with Crippen molar-refractivity contribution in [2.75, 3.05) is 6.61 Å². The molecule has 0 fully saturated rings. The number of carbonyl (C=O) groups is 2. The average Bonchev–Trinajstić information content (AvgIpc) is 2.37. The normalized spacial score (nSPS) is 11.2. The molecule has 0 radical (unpaired) electrons. The molecular formula is C13H13BrN2O3. The first-order chi connectivity index (χ1) is 9.04. The summed E-state index contributed by atoms with van der Waals surface area (Å²) >= 11 is 3.29. The van der Waals surface area contributed by atoms with Crippen molar-refractivity contribution in [1.82, 2.24) is 5.32 Å². The lowest BCUT2D eigenvalue weighted by Crippen LogP contribution is -2.45. The van der Waals surface area contributed by atoms with Crippen molar-refractivity contribution < 1.29 is 14.3 Å². The Bertz CT molecular complexity index is 511. The molecule has 1 aromatic rings. The standard InChI is InChI=1S/C13H13BrN2O3/c1-2-5-10(13(15)18)16-12(17)8-19-11-7-4-3-6-9(11)14/h1,3-4,6-7,10H,5,8H2,(H2,15,18)(H,16,17)/t10-/m0/s1. The summed E-state index contributed by atoms with van der Waals surface area (Å²) in [7, 11) is 0. The van der Waals surface area contributed by atoms with Crippen molar-refractivity contribution in [3.63, 3.8) is 0 Å². The minimum atomic E-state index is -0.875. The van der Waals surface area contributed by atoms with Gasteiger partial charge in [0, 0.05) is 6.42 Å². The maximum atomic E-state index is 11.6. The lowest BCUT2D eigenvalue weighted by atomic mass is 10.2. The second kappa shape index (κ2) is 7.44. The van der Waals surface area contributed by atoms with Gasteiger partial charge in [-0.05, 0) is 28.1 Å². The molecular weight excluding hydrogens is 312 g/mol. The molecule has 0 saturated heterocycles. The van der Waals surface area contributed by atoms with Gasteiger partial charge in [-0.3, -0.25) is 9.59 Å². The minimum Gasteiger partial charge on any atom is -0.483 e. The first kappa shape index (κ1) is 15.1. The van der Waals surface area contributed by atoms with Gasteiger partial charge in [0.1, 0.15) is 11.8 Å². The summed E-state index contributed by atoms with van der Waals surface area (Å²) in [6, 6.07) is 6.23. The molecule has 0 unspecified atom stereocenters. The van der Waals surface area contributed by atoms with E-state index in [0.29, 0.717) is 5.75 Å². The van der Waals surface area contributed by atoms with Gasteiger partial charge in [-0.1, -0.05) is 12.1 Å². The number of amides is 2. The molecule has 19 heavy (non-hydrogen) atoms. The maximum Gasteiger partial charge on any atom is 0.258 e. The number of hydrogen-bond acceptors (Lipinski definition) is 3. The van der Waals surface area contributed by atoms with Gasteiger partial charge in [0.25, 0.3) is 5.91 Å². The fourth-order valence-corrected chi connectivity index (χ4v) is 1.68. The molecule has 100 valence electrons. The summed E-state index contributed by atoms with van der Waals surface area (Å²) in [5.41, 5.74) is 5.10. The Kier molecular flexibility index (Phi) is 5.90. The van der Waals surface area contributed by atoms with Gasteiger partial charge in [-0.15, -0.1) is 12.3 Å². The number of hydrogen-bond donors (Lipinski definition) is 2. The smallest absolute Gasteiger partial charge is 0.258 e. The second-order valence-corrected chi connectivity index (χ2v) is 4.50. The van der Waals surface area contributed by atoms with Gasteiger partial charge < -0.3 is 15.8 Å². The molecule has 0 heterocycles. The Morgan fingerprint density at radius 3 is 2.74 bits per heavy atom. The Balaban J connectivity index is 2.50. The van der Waals surface area contributed by atoms with Gasteiger partial charge in [0.2, 0.25) is 5.91 Å². The Morgan fingerprint density at radius 1 is 1.47 bits per heavy atom. The molecule has 0 aliphatic heterocycles. The van der Waals surface area contributed by atoms with Crippen LogP contribution in [0.25, 0.3) is 0 Å². The topological polar surface area (TPSA) is 81.4 Å². The highest BCUT2D eigenvalue weighted by Crippen LogP contribution is 2.23. The van der Waals surface area contributed by atoms with Crippen molar-refractivity contribution in [1.29, 1.82) is 0 Å². The van der Waals surface area contributed by atoms with Gasteiger partial charge in [-0.25, -0.2) is 0 Å². The monoisotopic (exact) mass is 324 g/mol. The predicted molar refractivity (Wildman–Crippen MR) is 74.2 cm³/mol. The SMILES string of the molecule is C#CC[C@H](NC(=O)COc1ccccc1Br)C(N)=O. The van der Waals surface area contributed by atoms with Crippen LogP contribution in [0.3, 0.4) is 0 Å². The van der Waals surface area contributed by atoms with Crippen molar-refractivity contribution in [2.24, 2.45) is 5.73 Å². The van der Waals surface area contributed by atoms with E-state index in [9.17, 15) is 9.59 Å². The number of benzene rings is 1. The van der Waals surface area contributed by atoms with Crippen LogP contribution in [-0.2, 0) is 9.59 Å². The molecule has 1 aromatic carbocycles. The first-order valence-corrected chi connectivity index (χ1v) is 6.23. The second-order valence-electron chi connectivity index (χ2n) is 3.65. The van der Waals surface area contributed by atoms with E-state index in [4.69, 9.17) is 16.9 Å². The lowest BCUT2D eigenvalue weighted by Gasteiger charge is -2.13. The molecule has 0 spiro atoms. The van der Waals surface area contributed by atoms with Crippen LogP contribution in [0, 0.1) is 12.3 Å². The van der Waals surface area contributed by atoms with Crippen LogP contribution in [0.4, 0.5) is 0 Å².